The molecule has 0 atom stereocenters. The van der Waals surface area contributed by atoms with Crippen molar-refractivity contribution < 1.29 is 28.7 Å². The van der Waals surface area contributed by atoms with Crippen LogP contribution in [-0.4, -0.2) is 49.3 Å². The number of hydrazone groups is 1. The molecule has 1 heterocycles. The highest BCUT2D eigenvalue weighted by Gasteiger charge is 2.34. The Labute approximate surface area is 181 Å². The fourth-order valence-corrected chi connectivity index (χ4v) is 3.56. The molecular weight excluding hydrogens is 418 g/mol. The molecular formula is C22H17N3O7. The summed E-state index contributed by atoms with van der Waals surface area (Å²) in [7, 11) is 4.40. The first kappa shape index (κ1) is 20.8. The van der Waals surface area contributed by atoms with Crippen molar-refractivity contribution in [2.45, 2.75) is 0 Å². The third-order valence-electron chi connectivity index (χ3n) is 5.07. The predicted molar refractivity (Wildman–Crippen MR) is 115 cm³/mol. The maximum absolute atomic E-state index is 13.1. The van der Waals surface area contributed by atoms with Gasteiger partial charge in [-0.25, -0.2) is 0 Å². The molecule has 1 aliphatic heterocycles. The van der Waals surface area contributed by atoms with Crippen LogP contribution in [0.1, 0.15) is 26.3 Å². The average molecular weight is 435 g/mol. The molecule has 4 rings (SSSR count). The van der Waals surface area contributed by atoms with E-state index < -0.39 is 16.7 Å². The van der Waals surface area contributed by atoms with Crippen molar-refractivity contribution in [1.82, 2.24) is 5.01 Å². The van der Waals surface area contributed by atoms with Crippen molar-refractivity contribution in [3.05, 3.63) is 69.3 Å². The zero-order valence-corrected chi connectivity index (χ0v) is 17.3. The molecule has 0 saturated carbocycles. The summed E-state index contributed by atoms with van der Waals surface area (Å²) in [5, 5.41) is 16.9. The monoisotopic (exact) mass is 435 g/mol. The Bertz CT molecular complexity index is 1320. The first-order valence-electron chi connectivity index (χ1n) is 9.33. The minimum absolute atomic E-state index is 0.0285. The fourth-order valence-electron chi connectivity index (χ4n) is 3.56. The third-order valence-corrected chi connectivity index (χ3v) is 5.07. The van der Waals surface area contributed by atoms with Crippen molar-refractivity contribution in [3.63, 3.8) is 0 Å². The molecule has 3 aromatic rings. The Morgan fingerprint density at radius 3 is 2.22 bits per heavy atom. The van der Waals surface area contributed by atoms with E-state index in [0.717, 1.165) is 6.07 Å². The number of ether oxygens (including phenoxy) is 3. The molecule has 162 valence electrons. The zero-order valence-electron chi connectivity index (χ0n) is 17.3. The van der Waals surface area contributed by atoms with Gasteiger partial charge in [0, 0.05) is 29.1 Å². The average Bonchev–Trinajstić information content (AvgIpc) is 2.81. The smallest absolute Gasteiger partial charge is 0.282 e. The van der Waals surface area contributed by atoms with Crippen LogP contribution in [0.25, 0.3) is 10.8 Å². The zero-order chi connectivity index (χ0) is 23.0. The number of nitro groups is 1. The van der Waals surface area contributed by atoms with Gasteiger partial charge in [0.1, 0.15) is 5.75 Å². The Morgan fingerprint density at radius 1 is 0.906 bits per heavy atom. The lowest BCUT2D eigenvalue weighted by molar-refractivity contribution is -0.384. The molecule has 10 nitrogen and oxygen atoms in total. The maximum atomic E-state index is 13.1. The Hall–Kier alpha value is -4.47. The number of non-ortho nitro benzene ring substituents is 1. The summed E-state index contributed by atoms with van der Waals surface area (Å²) in [5.74, 6) is -0.200. The molecule has 0 aliphatic carbocycles. The molecule has 0 aromatic heterocycles. The number of rotatable bonds is 6. The van der Waals surface area contributed by atoms with Gasteiger partial charge in [0.05, 0.1) is 43.6 Å². The minimum atomic E-state index is -0.766. The number of nitrogens with zero attached hydrogens (tertiary/aromatic N) is 3. The van der Waals surface area contributed by atoms with E-state index in [9.17, 15) is 19.7 Å². The van der Waals surface area contributed by atoms with Crippen molar-refractivity contribution >= 4 is 34.5 Å². The predicted octanol–water partition coefficient (Wildman–Crippen LogP) is 3.40. The van der Waals surface area contributed by atoms with E-state index >= 15 is 0 Å². The Balaban J connectivity index is 1.81. The van der Waals surface area contributed by atoms with E-state index in [1.165, 1.54) is 33.6 Å². The Kier molecular flexibility index (Phi) is 5.19. The molecule has 0 saturated heterocycles. The molecule has 3 aromatic carbocycles. The van der Waals surface area contributed by atoms with Crippen LogP contribution in [0.2, 0.25) is 0 Å². The highest BCUT2D eigenvalue weighted by Crippen LogP contribution is 2.35. The lowest BCUT2D eigenvalue weighted by Crippen LogP contribution is -2.36. The van der Waals surface area contributed by atoms with Crippen LogP contribution in [0.4, 0.5) is 5.69 Å². The molecule has 0 unspecified atom stereocenters. The van der Waals surface area contributed by atoms with Crippen molar-refractivity contribution in [2.75, 3.05) is 21.3 Å². The third kappa shape index (κ3) is 3.27. The number of amides is 2. The van der Waals surface area contributed by atoms with Crippen molar-refractivity contribution in [1.29, 1.82) is 0 Å². The second kappa shape index (κ2) is 7.99. The van der Waals surface area contributed by atoms with Gasteiger partial charge in [-0.3, -0.25) is 19.7 Å². The van der Waals surface area contributed by atoms with Crippen LogP contribution in [0.5, 0.6) is 17.2 Å². The number of benzene rings is 3. The molecule has 2 amide bonds. The minimum Gasteiger partial charge on any atom is -0.496 e. The molecule has 32 heavy (non-hydrogen) atoms. The first-order chi connectivity index (χ1) is 15.4. The van der Waals surface area contributed by atoms with E-state index in [-0.39, 0.29) is 16.8 Å². The number of imide groups is 1. The van der Waals surface area contributed by atoms with E-state index in [4.69, 9.17) is 14.2 Å². The van der Waals surface area contributed by atoms with Crippen LogP contribution in [0, 0.1) is 10.1 Å². The van der Waals surface area contributed by atoms with Gasteiger partial charge in [0.15, 0.2) is 11.5 Å². The van der Waals surface area contributed by atoms with Gasteiger partial charge < -0.3 is 14.2 Å². The summed E-state index contributed by atoms with van der Waals surface area (Å²) >= 11 is 0. The number of hydrogen-bond acceptors (Lipinski definition) is 8. The summed E-state index contributed by atoms with van der Waals surface area (Å²) in [6.07, 6.45) is 1.28. The van der Waals surface area contributed by atoms with Crippen LogP contribution in [-0.2, 0) is 0 Å². The van der Waals surface area contributed by atoms with E-state index in [2.05, 4.69) is 5.10 Å². The number of carbonyl (C=O) groups excluding carboxylic acids is 2. The van der Waals surface area contributed by atoms with Gasteiger partial charge in [0.2, 0.25) is 0 Å². The van der Waals surface area contributed by atoms with Gasteiger partial charge in [-0.1, -0.05) is 12.1 Å². The van der Waals surface area contributed by atoms with Gasteiger partial charge >= 0.3 is 0 Å². The molecule has 10 heteroatoms. The maximum Gasteiger partial charge on any atom is 0.282 e. The molecule has 1 aliphatic rings. The van der Waals surface area contributed by atoms with Crippen LogP contribution in [0.3, 0.4) is 0 Å². The van der Waals surface area contributed by atoms with Gasteiger partial charge in [0.25, 0.3) is 17.5 Å². The molecule has 0 fully saturated rings. The number of methoxy groups -OCH3 is 3. The lowest BCUT2D eigenvalue weighted by Gasteiger charge is -2.23. The van der Waals surface area contributed by atoms with Gasteiger partial charge in [-0.05, 0) is 17.5 Å². The van der Waals surface area contributed by atoms with Gasteiger partial charge in [-0.2, -0.15) is 10.1 Å². The van der Waals surface area contributed by atoms with Gasteiger partial charge in [-0.15, -0.1) is 0 Å². The van der Waals surface area contributed by atoms with Crippen molar-refractivity contribution in [2.24, 2.45) is 5.10 Å². The molecule has 0 bridgehead atoms. The lowest BCUT2D eigenvalue weighted by atomic mass is 9.94. The Morgan fingerprint density at radius 2 is 1.56 bits per heavy atom. The SMILES string of the molecule is COc1cc(OC)c(OC)cc1/C=N/N1C(=O)c2cccc3cc([N+](=O)[O-])cc(c23)C1=O. The highest BCUT2D eigenvalue weighted by molar-refractivity contribution is 6.25. The molecule has 0 spiro atoms. The molecule has 0 N–H and O–H groups in total. The number of carbonyl (C=O) groups is 2. The second-order valence-electron chi connectivity index (χ2n) is 6.77. The topological polar surface area (TPSA) is 121 Å². The fraction of sp³-hybridized carbons (Fsp3) is 0.136. The van der Waals surface area contributed by atoms with E-state index in [1.807, 2.05) is 0 Å². The second-order valence-corrected chi connectivity index (χ2v) is 6.77. The van der Waals surface area contributed by atoms with Crippen LogP contribution < -0.4 is 14.2 Å². The van der Waals surface area contributed by atoms with Crippen LogP contribution in [0.15, 0.2) is 47.6 Å². The van der Waals surface area contributed by atoms with Crippen molar-refractivity contribution in [3.8, 4) is 17.2 Å². The number of hydrogen-bond donors (Lipinski definition) is 0. The quantitative estimate of drug-likeness (QED) is 0.252. The van der Waals surface area contributed by atoms with Crippen LogP contribution >= 0.6 is 0 Å². The normalized spacial score (nSPS) is 13.0. The molecule has 0 radical (unpaired) electrons. The van der Waals surface area contributed by atoms with E-state index in [0.29, 0.717) is 38.6 Å². The summed E-state index contributed by atoms with van der Waals surface area (Å²) < 4.78 is 15.9. The summed E-state index contributed by atoms with van der Waals surface area (Å²) in [5.41, 5.74) is 0.427. The largest absolute Gasteiger partial charge is 0.496 e. The standard InChI is InChI=1S/C22H17N3O7/c1-30-17-10-19(32-3)18(31-2)8-13(17)11-23-24-21(26)15-6-4-5-12-7-14(25(28)29)9-16(20(12)15)22(24)27/h4-11H,1-3H3/b23-11+. The highest BCUT2D eigenvalue weighted by atomic mass is 16.6. The summed E-state index contributed by atoms with van der Waals surface area (Å²) in [4.78, 5) is 36.8. The summed E-state index contributed by atoms with van der Waals surface area (Å²) in [6, 6.07) is 10.4. The number of nitro benzene ring substituents is 1. The summed E-state index contributed by atoms with van der Waals surface area (Å²) in [6.45, 7) is 0. The van der Waals surface area contributed by atoms with E-state index in [1.54, 1.807) is 30.3 Å². The first-order valence-corrected chi connectivity index (χ1v) is 9.33.